The van der Waals surface area contributed by atoms with Crippen molar-refractivity contribution in [3.05, 3.63) is 29.8 Å². The van der Waals surface area contributed by atoms with Crippen molar-refractivity contribution >= 4 is 0 Å². The monoisotopic (exact) mass is 263 g/mol. The van der Waals surface area contributed by atoms with Crippen LogP contribution in [0.25, 0.3) is 0 Å². The number of nitrogens with one attached hydrogen (secondary N) is 1. The molecule has 0 aromatic heterocycles. The second-order valence-electron chi connectivity index (χ2n) is 5.84. The maximum Gasteiger partial charge on any atom is 0.119 e. The molecule has 1 aromatic rings. The van der Waals surface area contributed by atoms with E-state index in [1.807, 2.05) is 12.1 Å². The largest absolute Gasteiger partial charge is 0.497 e. The summed E-state index contributed by atoms with van der Waals surface area (Å²) in [5.74, 6) is 0.929. The van der Waals surface area contributed by atoms with Gasteiger partial charge in [0.15, 0.2) is 0 Å². The highest BCUT2D eigenvalue weighted by molar-refractivity contribution is 5.28. The molecule has 0 amide bonds. The smallest absolute Gasteiger partial charge is 0.119 e. The summed E-state index contributed by atoms with van der Waals surface area (Å²) in [5.41, 5.74) is 1.37. The van der Waals surface area contributed by atoms with Crippen LogP contribution < -0.4 is 10.1 Å². The molecule has 19 heavy (non-hydrogen) atoms. The molecule has 1 fully saturated rings. The van der Waals surface area contributed by atoms with Crippen molar-refractivity contribution in [3.8, 4) is 5.75 Å². The van der Waals surface area contributed by atoms with Crippen LogP contribution in [0.5, 0.6) is 5.75 Å². The van der Waals surface area contributed by atoms with Gasteiger partial charge in [-0.25, -0.2) is 0 Å². The van der Waals surface area contributed by atoms with Gasteiger partial charge in [0.25, 0.3) is 0 Å². The highest BCUT2D eigenvalue weighted by Gasteiger charge is 2.30. The predicted molar refractivity (Wildman–Crippen MR) is 77.8 cm³/mol. The summed E-state index contributed by atoms with van der Waals surface area (Å²) in [6, 6.07) is 8.25. The molecule has 1 aromatic carbocycles. The molecule has 3 heteroatoms. The molecule has 0 radical (unpaired) electrons. The lowest BCUT2D eigenvalue weighted by atomic mass is 10.1. The van der Waals surface area contributed by atoms with Crippen molar-refractivity contribution in [1.82, 2.24) is 5.32 Å². The molecule has 1 N–H and O–H groups in total. The highest BCUT2D eigenvalue weighted by atomic mass is 16.5. The van der Waals surface area contributed by atoms with Crippen LogP contribution in [0.3, 0.4) is 0 Å². The molecular formula is C16H25NO2. The average Bonchev–Trinajstić information content (AvgIpc) is 2.74. The number of hydrogen-bond acceptors (Lipinski definition) is 3. The van der Waals surface area contributed by atoms with E-state index in [2.05, 4.69) is 31.3 Å². The van der Waals surface area contributed by atoms with E-state index in [4.69, 9.17) is 9.47 Å². The Bertz CT molecular complexity index is 403. The van der Waals surface area contributed by atoms with Crippen molar-refractivity contribution < 1.29 is 9.47 Å². The van der Waals surface area contributed by atoms with Gasteiger partial charge in [-0.3, -0.25) is 0 Å². The Balaban J connectivity index is 1.67. The van der Waals surface area contributed by atoms with E-state index in [9.17, 15) is 0 Å². The Labute approximate surface area is 116 Å². The van der Waals surface area contributed by atoms with Crippen LogP contribution in [0.4, 0.5) is 0 Å². The second kappa shape index (κ2) is 6.40. The molecule has 1 saturated heterocycles. The van der Waals surface area contributed by atoms with Crippen LogP contribution in [0.15, 0.2) is 24.3 Å². The Kier molecular flexibility index (Phi) is 4.83. The highest BCUT2D eigenvalue weighted by Crippen LogP contribution is 2.28. The van der Waals surface area contributed by atoms with E-state index >= 15 is 0 Å². The molecule has 1 atom stereocenters. The Hall–Kier alpha value is -1.06. The van der Waals surface area contributed by atoms with E-state index in [-0.39, 0.29) is 5.60 Å². The van der Waals surface area contributed by atoms with Crippen LogP contribution in [-0.4, -0.2) is 31.9 Å². The van der Waals surface area contributed by atoms with Gasteiger partial charge in [0.1, 0.15) is 5.75 Å². The third-order valence-corrected chi connectivity index (χ3v) is 3.65. The van der Waals surface area contributed by atoms with E-state index in [1.165, 1.54) is 12.0 Å². The number of ether oxygens (including phenoxy) is 2. The predicted octanol–water partition coefficient (Wildman–Crippen LogP) is 2.78. The Morgan fingerprint density at radius 3 is 2.95 bits per heavy atom. The molecule has 0 saturated carbocycles. The third kappa shape index (κ3) is 4.51. The summed E-state index contributed by atoms with van der Waals surface area (Å²) >= 11 is 0. The summed E-state index contributed by atoms with van der Waals surface area (Å²) in [6.45, 7) is 6.27. The van der Waals surface area contributed by atoms with Gasteiger partial charge in [-0.1, -0.05) is 12.1 Å². The molecule has 2 rings (SSSR count). The van der Waals surface area contributed by atoms with E-state index in [1.54, 1.807) is 7.11 Å². The van der Waals surface area contributed by atoms with Gasteiger partial charge in [0.05, 0.1) is 18.8 Å². The minimum atomic E-state index is 0.0686. The average molecular weight is 263 g/mol. The first-order chi connectivity index (χ1) is 9.09. The number of hydrogen-bond donors (Lipinski definition) is 1. The molecular weight excluding hydrogens is 238 g/mol. The van der Waals surface area contributed by atoms with E-state index in [0.29, 0.717) is 6.10 Å². The van der Waals surface area contributed by atoms with Crippen molar-refractivity contribution in [1.29, 1.82) is 0 Å². The second-order valence-corrected chi connectivity index (χ2v) is 5.84. The van der Waals surface area contributed by atoms with Gasteiger partial charge in [0, 0.05) is 6.54 Å². The number of methoxy groups -OCH3 is 1. The number of rotatable bonds is 6. The maximum atomic E-state index is 5.96. The summed E-state index contributed by atoms with van der Waals surface area (Å²) in [6.07, 6.45) is 3.72. The first-order valence-corrected chi connectivity index (χ1v) is 7.10. The Morgan fingerprint density at radius 1 is 1.42 bits per heavy atom. The lowest BCUT2D eigenvalue weighted by Gasteiger charge is -2.19. The van der Waals surface area contributed by atoms with Gasteiger partial charge in [-0.2, -0.15) is 0 Å². The standard InChI is InChI=1S/C16H25NO2/c1-16(2)9-7-15(19-16)12-17-10-8-13-5-4-6-14(11-13)18-3/h4-6,11,15,17H,7-10,12H2,1-3H3. The minimum absolute atomic E-state index is 0.0686. The first-order valence-electron chi connectivity index (χ1n) is 7.10. The quantitative estimate of drug-likeness (QED) is 0.801. The summed E-state index contributed by atoms with van der Waals surface area (Å²) < 4.78 is 11.2. The van der Waals surface area contributed by atoms with Gasteiger partial charge in [0.2, 0.25) is 0 Å². The summed E-state index contributed by atoms with van der Waals surface area (Å²) in [5, 5.41) is 3.49. The van der Waals surface area contributed by atoms with Gasteiger partial charge in [-0.15, -0.1) is 0 Å². The molecule has 0 bridgehead atoms. The van der Waals surface area contributed by atoms with Gasteiger partial charge < -0.3 is 14.8 Å². The van der Waals surface area contributed by atoms with E-state index in [0.717, 1.165) is 31.7 Å². The van der Waals surface area contributed by atoms with Crippen molar-refractivity contribution in [2.24, 2.45) is 0 Å². The van der Waals surface area contributed by atoms with Crippen molar-refractivity contribution in [2.45, 2.75) is 44.8 Å². The molecule has 1 heterocycles. The zero-order valence-corrected chi connectivity index (χ0v) is 12.2. The SMILES string of the molecule is COc1cccc(CCNCC2CCC(C)(C)O2)c1. The van der Waals surface area contributed by atoms with Crippen molar-refractivity contribution in [3.63, 3.8) is 0 Å². The van der Waals surface area contributed by atoms with Crippen LogP contribution >= 0.6 is 0 Å². The molecule has 0 aliphatic carbocycles. The van der Waals surface area contributed by atoms with E-state index < -0.39 is 0 Å². The van der Waals surface area contributed by atoms with Crippen molar-refractivity contribution in [2.75, 3.05) is 20.2 Å². The van der Waals surface area contributed by atoms with Crippen LogP contribution in [0.1, 0.15) is 32.3 Å². The van der Waals surface area contributed by atoms with Crippen LogP contribution in [0.2, 0.25) is 0 Å². The lowest BCUT2D eigenvalue weighted by molar-refractivity contribution is -0.0140. The minimum Gasteiger partial charge on any atom is -0.497 e. The van der Waals surface area contributed by atoms with Gasteiger partial charge in [-0.05, 0) is 57.4 Å². The lowest BCUT2D eigenvalue weighted by Crippen LogP contribution is -2.30. The topological polar surface area (TPSA) is 30.5 Å². The maximum absolute atomic E-state index is 5.96. The van der Waals surface area contributed by atoms with Crippen LogP contribution in [-0.2, 0) is 11.2 Å². The molecule has 3 nitrogen and oxygen atoms in total. The first kappa shape index (κ1) is 14.4. The summed E-state index contributed by atoms with van der Waals surface area (Å²) in [7, 11) is 1.70. The molecule has 1 unspecified atom stereocenters. The third-order valence-electron chi connectivity index (χ3n) is 3.65. The Morgan fingerprint density at radius 2 is 2.26 bits per heavy atom. The zero-order valence-electron chi connectivity index (χ0n) is 12.2. The molecule has 1 aliphatic heterocycles. The van der Waals surface area contributed by atoms with Crippen LogP contribution in [0, 0.1) is 0 Å². The zero-order chi connectivity index (χ0) is 13.7. The fourth-order valence-electron chi connectivity index (χ4n) is 2.55. The van der Waals surface area contributed by atoms with Gasteiger partial charge >= 0.3 is 0 Å². The number of benzene rings is 1. The fraction of sp³-hybridized carbons (Fsp3) is 0.625. The normalized spacial score (nSPS) is 21.5. The molecule has 1 aliphatic rings. The molecule has 106 valence electrons. The fourth-order valence-corrected chi connectivity index (χ4v) is 2.55. The summed E-state index contributed by atoms with van der Waals surface area (Å²) in [4.78, 5) is 0. The molecule has 0 spiro atoms.